The summed E-state index contributed by atoms with van der Waals surface area (Å²) in [7, 11) is 4.47. The van der Waals surface area contributed by atoms with E-state index < -0.39 is 0 Å². The fraction of sp³-hybridized carbons (Fsp3) is 1.00. The molecule has 4 rings (SSSR count). The Morgan fingerprint density at radius 1 is 0.636 bits per heavy atom. The van der Waals surface area contributed by atoms with E-state index in [1.807, 2.05) is 0 Å². The largest absolute Gasteiger partial charge is 0.315 e. The van der Waals surface area contributed by atoms with E-state index in [4.69, 9.17) is 0 Å². The monoisotopic (exact) mass is 396 g/mol. The topological polar surface area (TPSA) is 30.5 Å². The molecule has 0 aromatic carbocycles. The van der Waals surface area contributed by atoms with E-state index in [0.29, 0.717) is 0 Å². The van der Waals surface area contributed by atoms with Crippen molar-refractivity contribution >= 4 is 49.6 Å². The number of nitrogens with zero attached hydrogens (tertiary/aromatic N) is 2. The first-order valence-corrected chi connectivity index (χ1v) is 7.57. The third-order valence-electron chi connectivity index (χ3n) is 5.45. The molecule has 4 nitrogen and oxygen atoms in total. The Balaban J connectivity index is 0. The Morgan fingerprint density at radius 2 is 1.00 bits per heavy atom. The van der Waals surface area contributed by atoms with E-state index in [1.54, 1.807) is 0 Å². The SMILES string of the molecule is CN1CC[C@@H]2CNC[C@@H]21.CN1CC[C@H]2CNC[C@H]21.Cl.Cl.Cl.Cl. The molecule has 22 heavy (non-hydrogen) atoms. The molecular formula is C14H32Cl4N4. The molecule has 4 heterocycles. The highest BCUT2D eigenvalue weighted by molar-refractivity contribution is 5.86. The molecule has 0 amide bonds. The summed E-state index contributed by atoms with van der Waals surface area (Å²) in [5.74, 6) is 1.94. The predicted molar refractivity (Wildman–Crippen MR) is 104 cm³/mol. The smallest absolute Gasteiger partial charge is 0.0258 e. The van der Waals surface area contributed by atoms with Crippen LogP contribution in [-0.4, -0.2) is 75.2 Å². The van der Waals surface area contributed by atoms with Gasteiger partial charge in [0.15, 0.2) is 0 Å². The van der Waals surface area contributed by atoms with Crippen LogP contribution in [0.3, 0.4) is 0 Å². The number of hydrogen-bond donors (Lipinski definition) is 2. The van der Waals surface area contributed by atoms with Crippen LogP contribution in [0, 0.1) is 11.8 Å². The maximum absolute atomic E-state index is 3.41. The van der Waals surface area contributed by atoms with Gasteiger partial charge in [-0.25, -0.2) is 0 Å². The Bertz CT molecular complexity index is 270. The van der Waals surface area contributed by atoms with Crippen molar-refractivity contribution in [1.29, 1.82) is 0 Å². The van der Waals surface area contributed by atoms with Crippen molar-refractivity contribution in [1.82, 2.24) is 20.4 Å². The van der Waals surface area contributed by atoms with Gasteiger partial charge in [-0.05, 0) is 65.0 Å². The molecule has 0 saturated carbocycles. The van der Waals surface area contributed by atoms with Crippen molar-refractivity contribution in [2.75, 3.05) is 53.4 Å². The van der Waals surface area contributed by atoms with Crippen LogP contribution in [0.15, 0.2) is 0 Å². The molecule has 0 spiro atoms. The molecule has 2 N–H and O–H groups in total. The molecule has 0 radical (unpaired) electrons. The van der Waals surface area contributed by atoms with E-state index in [0.717, 1.165) is 23.9 Å². The van der Waals surface area contributed by atoms with Gasteiger partial charge in [0.2, 0.25) is 0 Å². The van der Waals surface area contributed by atoms with Gasteiger partial charge in [-0.15, -0.1) is 49.6 Å². The molecule has 4 aliphatic heterocycles. The van der Waals surface area contributed by atoms with Crippen molar-refractivity contribution < 1.29 is 0 Å². The molecule has 4 fully saturated rings. The van der Waals surface area contributed by atoms with Crippen molar-refractivity contribution in [3.8, 4) is 0 Å². The molecule has 8 heteroatoms. The van der Waals surface area contributed by atoms with E-state index in [1.165, 1.54) is 52.1 Å². The van der Waals surface area contributed by atoms with Gasteiger partial charge in [-0.3, -0.25) is 0 Å². The van der Waals surface area contributed by atoms with E-state index >= 15 is 0 Å². The zero-order valence-electron chi connectivity index (χ0n) is 13.5. The van der Waals surface area contributed by atoms with Crippen LogP contribution in [0.2, 0.25) is 0 Å². The van der Waals surface area contributed by atoms with Crippen LogP contribution in [0.4, 0.5) is 0 Å². The Hall–Kier alpha value is 1.00. The first kappa shape index (κ1) is 25.2. The Morgan fingerprint density at radius 3 is 1.32 bits per heavy atom. The van der Waals surface area contributed by atoms with Crippen LogP contribution in [-0.2, 0) is 0 Å². The summed E-state index contributed by atoms with van der Waals surface area (Å²) in [6, 6.07) is 1.73. The second-order valence-corrected chi connectivity index (χ2v) is 6.51. The number of hydrogen-bond acceptors (Lipinski definition) is 4. The normalized spacial score (nSPS) is 35.7. The minimum Gasteiger partial charge on any atom is -0.315 e. The Kier molecular flexibility index (Phi) is 13.2. The molecule has 0 aliphatic carbocycles. The van der Waals surface area contributed by atoms with E-state index in [2.05, 4.69) is 34.5 Å². The molecule has 4 saturated heterocycles. The lowest BCUT2D eigenvalue weighted by atomic mass is 10.1. The lowest BCUT2D eigenvalue weighted by Gasteiger charge is -2.16. The van der Waals surface area contributed by atoms with Gasteiger partial charge in [-0.1, -0.05) is 0 Å². The van der Waals surface area contributed by atoms with Crippen molar-refractivity contribution in [2.24, 2.45) is 11.8 Å². The molecule has 4 atom stereocenters. The summed E-state index contributed by atoms with van der Waals surface area (Å²) in [5.41, 5.74) is 0. The van der Waals surface area contributed by atoms with Gasteiger partial charge in [0, 0.05) is 25.2 Å². The predicted octanol–water partition coefficient (Wildman–Crippen LogP) is 1.51. The maximum atomic E-state index is 3.41. The summed E-state index contributed by atoms with van der Waals surface area (Å²) in [6.45, 7) is 7.60. The molecule has 4 aliphatic rings. The van der Waals surface area contributed by atoms with Gasteiger partial charge in [0.1, 0.15) is 0 Å². The number of nitrogens with one attached hydrogen (secondary N) is 2. The van der Waals surface area contributed by atoms with Crippen LogP contribution >= 0.6 is 49.6 Å². The van der Waals surface area contributed by atoms with Crippen molar-refractivity contribution in [3.05, 3.63) is 0 Å². The van der Waals surface area contributed by atoms with Crippen LogP contribution < -0.4 is 10.6 Å². The zero-order valence-corrected chi connectivity index (χ0v) is 16.8. The van der Waals surface area contributed by atoms with Crippen molar-refractivity contribution in [3.63, 3.8) is 0 Å². The highest BCUT2D eigenvalue weighted by Gasteiger charge is 2.35. The number of halogens is 4. The quantitative estimate of drug-likeness (QED) is 0.648. The number of likely N-dealkylation sites (tertiary alicyclic amines) is 2. The Labute approximate surface area is 160 Å². The maximum Gasteiger partial charge on any atom is 0.0258 e. The lowest BCUT2D eigenvalue weighted by Crippen LogP contribution is -2.30. The van der Waals surface area contributed by atoms with E-state index in [9.17, 15) is 0 Å². The molecule has 0 aromatic heterocycles. The van der Waals surface area contributed by atoms with Gasteiger partial charge < -0.3 is 20.4 Å². The molecular weight excluding hydrogens is 366 g/mol. The summed E-state index contributed by atoms with van der Waals surface area (Å²) in [4.78, 5) is 4.95. The summed E-state index contributed by atoms with van der Waals surface area (Å²) < 4.78 is 0. The number of likely N-dealkylation sites (N-methyl/N-ethyl adjacent to an activating group) is 2. The molecule has 0 unspecified atom stereocenters. The zero-order chi connectivity index (χ0) is 12.5. The highest BCUT2D eigenvalue weighted by atomic mass is 35.5. The summed E-state index contributed by atoms with van der Waals surface area (Å²) in [5, 5.41) is 6.83. The standard InChI is InChI=1S/2C7H14N2.4ClH/c2*1-9-3-2-6-4-8-5-7(6)9;;;;/h2*6-8H,2-5H2,1H3;4*1H/t2*6-,7+;;;;/m10..../s1. The van der Waals surface area contributed by atoms with Gasteiger partial charge in [0.05, 0.1) is 0 Å². The lowest BCUT2D eigenvalue weighted by molar-refractivity contribution is 0.308. The third kappa shape index (κ3) is 5.52. The van der Waals surface area contributed by atoms with Gasteiger partial charge >= 0.3 is 0 Å². The highest BCUT2D eigenvalue weighted by Crippen LogP contribution is 2.25. The molecule has 0 aromatic rings. The number of rotatable bonds is 0. The average Bonchev–Trinajstić information content (AvgIpc) is 3.06. The number of fused-ring (bicyclic) bond motifs is 2. The molecule has 136 valence electrons. The van der Waals surface area contributed by atoms with Crippen molar-refractivity contribution in [2.45, 2.75) is 24.9 Å². The van der Waals surface area contributed by atoms with Crippen LogP contribution in [0.1, 0.15) is 12.8 Å². The fourth-order valence-corrected chi connectivity index (χ4v) is 4.13. The van der Waals surface area contributed by atoms with E-state index in [-0.39, 0.29) is 49.6 Å². The summed E-state index contributed by atoms with van der Waals surface area (Å²) in [6.07, 6.45) is 2.82. The van der Waals surface area contributed by atoms with Gasteiger partial charge in [-0.2, -0.15) is 0 Å². The molecule has 0 bridgehead atoms. The van der Waals surface area contributed by atoms with Crippen LogP contribution in [0.25, 0.3) is 0 Å². The second kappa shape index (κ2) is 11.5. The second-order valence-electron chi connectivity index (χ2n) is 6.51. The first-order valence-electron chi connectivity index (χ1n) is 7.57. The summed E-state index contributed by atoms with van der Waals surface area (Å²) >= 11 is 0. The minimum absolute atomic E-state index is 0. The average molecular weight is 398 g/mol. The van der Waals surface area contributed by atoms with Crippen LogP contribution in [0.5, 0.6) is 0 Å². The van der Waals surface area contributed by atoms with Gasteiger partial charge in [0.25, 0.3) is 0 Å². The first-order chi connectivity index (χ1) is 8.75. The third-order valence-corrected chi connectivity index (χ3v) is 5.45. The minimum atomic E-state index is 0. The fourth-order valence-electron chi connectivity index (χ4n) is 4.13.